The maximum Gasteiger partial charge on any atom is 0.374 e. The molecule has 0 spiro atoms. The van der Waals surface area contributed by atoms with Crippen LogP contribution in [0.25, 0.3) is 11.0 Å². The van der Waals surface area contributed by atoms with E-state index in [-0.39, 0.29) is 17.4 Å². The van der Waals surface area contributed by atoms with Crippen molar-refractivity contribution in [3.8, 4) is 11.5 Å². The van der Waals surface area contributed by atoms with Crippen molar-refractivity contribution in [2.45, 2.75) is 31.8 Å². The monoisotopic (exact) mass is 293 g/mol. The van der Waals surface area contributed by atoms with Crippen molar-refractivity contribution in [3.05, 3.63) is 28.4 Å². The van der Waals surface area contributed by atoms with Crippen LogP contribution in [-0.2, 0) is 0 Å². The first-order valence-corrected chi connectivity index (χ1v) is 6.87. The molecule has 0 saturated heterocycles. The average molecular weight is 293 g/mol. The topological polar surface area (TPSA) is 74.7 Å². The SMILES string of the molecule is COc1ccc2c(N)c(F)c(=O)oc2c1OC1CCCC1. The largest absolute Gasteiger partial charge is 0.493 e. The third-order valence-electron chi connectivity index (χ3n) is 3.78. The van der Waals surface area contributed by atoms with Crippen LogP contribution in [0.3, 0.4) is 0 Å². The molecule has 1 aromatic heterocycles. The van der Waals surface area contributed by atoms with E-state index in [4.69, 9.17) is 19.6 Å². The molecule has 112 valence electrons. The van der Waals surface area contributed by atoms with Gasteiger partial charge in [-0.1, -0.05) is 0 Å². The Morgan fingerprint density at radius 1 is 1.33 bits per heavy atom. The van der Waals surface area contributed by atoms with Crippen molar-refractivity contribution in [3.63, 3.8) is 0 Å². The Balaban J connectivity index is 2.20. The molecule has 0 amide bonds. The second-order valence-electron chi connectivity index (χ2n) is 5.12. The van der Waals surface area contributed by atoms with Crippen molar-refractivity contribution in [1.82, 2.24) is 0 Å². The summed E-state index contributed by atoms with van der Waals surface area (Å²) >= 11 is 0. The number of halogens is 1. The van der Waals surface area contributed by atoms with E-state index in [1.165, 1.54) is 7.11 Å². The number of ether oxygens (including phenoxy) is 2. The molecule has 1 saturated carbocycles. The average Bonchev–Trinajstić information content (AvgIpc) is 2.99. The summed E-state index contributed by atoms with van der Waals surface area (Å²) in [6.07, 6.45) is 4.10. The molecule has 1 heterocycles. The van der Waals surface area contributed by atoms with Gasteiger partial charge in [-0.05, 0) is 37.8 Å². The van der Waals surface area contributed by atoms with E-state index in [0.29, 0.717) is 16.9 Å². The van der Waals surface area contributed by atoms with Gasteiger partial charge in [-0.3, -0.25) is 0 Å². The molecule has 0 unspecified atom stereocenters. The summed E-state index contributed by atoms with van der Waals surface area (Å²) in [5.74, 6) is -0.339. The highest BCUT2D eigenvalue weighted by molar-refractivity contribution is 5.94. The number of hydrogen-bond donors (Lipinski definition) is 1. The van der Waals surface area contributed by atoms with Crippen molar-refractivity contribution >= 4 is 16.7 Å². The summed E-state index contributed by atoms with van der Waals surface area (Å²) < 4.78 is 29.8. The molecular weight excluding hydrogens is 277 g/mol. The van der Waals surface area contributed by atoms with E-state index in [1.807, 2.05) is 0 Å². The van der Waals surface area contributed by atoms with Gasteiger partial charge in [-0.25, -0.2) is 4.79 Å². The number of nitrogens with two attached hydrogens (primary N) is 1. The molecule has 0 atom stereocenters. The minimum atomic E-state index is -1.11. The van der Waals surface area contributed by atoms with Crippen LogP contribution in [-0.4, -0.2) is 13.2 Å². The van der Waals surface area contributed by atoms with Gasteiger partial charge in [-0.15, -0.1) is 0 Å². The molecule has 0 aliphatic heterocycles. The molecule has 1 aliphatic rings. The van der Waals surface area contributed by atoms with Crippen LogP contribution >= 0.6 is 0 Å². The van der Waals surface area contributed by atoms with Crippen LogP contribution in [0.1, 0.15) is 25.7 Å². The zero-order valence-electron chi connectivity index (χ0n) is 11.6. The Labute approximate surface area is 120 Å². The predicted octanol–water partition coefficient (Wildman–Crippen LogP) is 2.84. The lowest BCUT2D eigenvalue weighted by Crippen LogP contribution is -2.14. The minimum absolute atomic E-state index is 0.0427. The summed E-state index contributed by atoms with van der Waals surface area (Å²) in [7, 11) is 1.49. The second kappa shape index (κ2) is 5.27. The summed E-state index contributed by atoms with van der Waals surface area (Å²) in [6, 6.07) is 3.18. The van der Waals surface area contributed by atoms with Crippen molar-refractivity contribution in [2.75, 3.05) is 12.8 Å². The van der Waals surface area contributed by atoms with Crippen LogP contribution in [0.5, 0.6) is 11.5 Å². The standard InChI is InChI=1S/C15H16FNO4/c1-19-10-7-6-9-12(17)11(16)15(18)21-13(9)14(10)20-8-4-2-3-5-8/h6-8H,2-5,17H2,1H3. The molecule has 2 N–H and O–H groups in total. The minimum Gasteiger partial charge on any atom is -0.493 e. The van der Waals surface area contributed by atoms with Crippen LogP contribution in [0, 0.1) is 5.82 Å². The number of methoxy groups -OCH3 is 1. The Morgan fingerprint density at radius 2 is 2.05 bits per heavy atom. The molecule has 0 radical (unpaired) electrons. The van der Waals surface area contributed by atoms with Gasteiger partial charge < -0.3 is 19.6 Å². The Morgan fingerprint density at radius 3 is 2.71 bits per heavy atom. The quantitative estimate of drug-likeness (QED) is 0.881. The number of hydrogen-bond acceptors (Lipinski definition) is 5. The Hall–Kier alpha value is -2.24. The van der Waals surface area contributed by atoms with Gasteiger partial charge in [0, 0.05) is 5.39 Å². The summed E-state index contributed by atoms with van der Waals surface area (Å²) in [4.78, 5) is 11.5. The van der Waals surface area contributed by atoms with Gasteiger partial charge >= 0.3 is 5.63 Å². The number of nitrogen functional groups attached to an aromatic ring is 1. The normalized spacial score (nSPS) is 15.5. The molecule has 21 heavy (non-hydrogen) atoms. The van der Waals surface area contributed by atoms with Crippen LogP contribution in [0.4, 0.5) is 10.1 Å². The van der Waals surface area contributed by atoms with Gasteiger partial charge in [0.05, 0.1) is 18.9 Å². The highest BCUT2D eigenvalue weighted by atomic mass is 19.1. The first kappa shape index (κ1) is 13.7. The molecule has 2 aromatic rings. The molecule has 0 bridgehead atoms. The number of fused-ring (bicyclic) bond motifs is 1. The smallest absolute Gasteiger partial charge is 0.374 e. The molecule has 1 aliphatic carbocycles. The third-order valence-corrected chi connectivity index (χ3v) is 3.78. The van der Waals surface area contributed by atoms with Crippen molar-refractivity contribution < 1.29 is 18.3 Å². The Kier molecular flexibility index (Phi) is 3.45. The summed E-state index contributed by atoms with van der Waals surface area (Å²) in [5, 5.41) is 0.306. The molecule has 3 rings (SSSR count). The van der Waals surface area contributed by atoms with Crippen molar-refractivity contribution in [2.24, 2.45) is 0 Å². The fourth-order valence-electron chi connectivity index (χ4n) is 2.67. The second-order valence-corrected chi connectivity index (χ2v) is 5.12. The highest BCUT2D eigenvalue weighted by Gasteiger charge is 2.23. The van der Waals surface area contributed by atoms with E-state index < -0.39 is 11.4 Å². The zero-order valence-corrected chi connectivity index (χ0v) is 11.6. The fraction of sp³-hybridized carbons (Fsp3) is 0.400. The molecule has 1 aromatic carbocycles. The lowest BCUT2D eigenvalue weighted by molar-refractivity contribution is 0.200. The van der Waals surface area contributed by atoms with Gasteiger partial charge in [-0.2, -0.15) is 4.39 Å². The van der Waals surface area contributed by atoms with Gasteiger partial charge in [0.15, 0.2) is 11.3 Å². The fourth-order valence-corrected chi connectivity index (χ4v) is 2.67. The molecule has 5 nitrogen and oxygen atoms in total. The summed E-state index contributed by atoms with van der Waals surface area (Å²) in [5.41, 5.74) is 4.44. The lowest BCUT2D eigenvalue weighted by atomic mass is 10.1. The number of anilines is 1. The zero-order chi connectivity index (χ0) is 15.0. The van der Waals surface area contributed by atoms with Gasteiger partial charge in [0.2, 0.25) is 11.6 Å². The molecule has 1 fully saturated rings. The van der Waals surface area contributed by atoms with Gasteiger partial charge in [0.25, 0.3) is 0 Å². The Bertz CT molecular complexity index is 735. The number of benzene rings is 1. The maximum atomic E-state index is 13.6. The first-order chi connectivity index (χ1) is 10.1. The number of rotatable bonds is 3. The molecule has 6 heteroatoms. The van der Waals surface area contributed by atoms with E-state index in [9.17, 15) is 9.18 Å². The lowest BCUT2D eigenvalue weighted by Gasteiger charge is -2.17. The predicted molar refractivity (Wildman–Crippen MR) is 76.3 cm³/mol. The first-order valence-electron chi connectivity index (χ1n) is 6.87. The van der Waals surface area contributed by atoms with E-state index in [1.54, 1.807) is 12.1 Å². The third kappa shape index (κ3) is 2.30. The van der Waals surface area contributed by atoms with E-state index in [2.05, 4.69) is 0 Å². The van der Waals surface area contributed by atoms with Gasteiger partial charge in [0.1, 0.15) is 0 Å². The van der Waals surface area contributed by atoms with Crippen LogP contribution in [0.2, 0.25) is 0 Å². The van der Waals surface area contributed by atoms with Crippen LogP contribution < -0.4 is 20.8 Å². The maximum absolute atomic E-state index is 13.6. The van der Waals surface area contributed by atoms with Crippen LogP contribution in [0.15, 0.2) is 21.3 Å². The molecular formula is C15H16FNO4. The van der Waals surface area contributed by atoms with E-state index in [0.717, 1.165) is 25.7 Å². The summed E-state index contributed by atoms with van der Waals surface area (Å²) in [6.45, 7) is 0. The highest BCUT2D eigenvalue weighted by Crippen LogP contribution is 2.39. The van der Waals surface area contributed by atoms with Crippen molar-refractivity contribution in [1.29, 1.82) is 0 Å². The van der Waals surface area contributed by atoms with E-state index >= 15 is 0 Å².